The Kier molecular flexibility index (Phi) is 5.11. The van der Waals surface area contributed by atoms with Gasteiger partial charge in [0, 0.05) is 18.7 Å². The summed E-state index contributed by atoms with van der Waals surface area (Å²) in [5, 5.41) is 8.87. The summed E-state index contributed by atoms with van der Waals surface area (Å²) in [6.07, 6.45) is 2.09. The standard InChI is InChI=1S/C11H18N2O4/c1-2-8(11(15)16)3-4-13-5-6-17-7-9(13)10(12)14/h3,9H,2,4-7H2,1H3,(H2,12,14)(H,15,16). The van der Waals surface area contributed by atoms with E-state index in [9.17, 15) is 9.59 Å². The van der Waals surface area contributed by atoms with Crippen LogP contribution in [-0.2, 0) is 14.3 Å². The van der Waals surface area contributed by atoms with Crippen LogP contribution in [0.3, 0.4) is 0 Å². The molecule has 96 valence electrons. The van der Waals surface area contributed by atoms with E-state index in [1.165, 1.54) is 0 Å². The van der Waals surface area contributed by atoms with E-state index in [-0.39, 0.29) is 6.61 Å². The summed E-state index contributed by atoms with van der Waals surface area (Å²) in [5.74, 6) is -1.36. The number of nitrogens with zero attached hydrogens (tertiary/aromatic N) is 1. The Bertz CT molecular complexity index is 327. The van der Waals surface area contributed by atoms with E-state index in [1.807, 2.05) is 4.90 Å². The number of primary amides is 1. The molecular formula is C11H18N2O4. The van der Waals surface area contributed by atoms with Gasteiger partial charge < -0.3 is 15.6 Å². The lowest BCUT2D eigenvalue weighted by atomic mass is 10.1. The van der Waals surface area contributed by atoms with Crippen LogP contribution < -0.4 is 5.73 Å². The fourth-order valence-electron chi connectivity index (χ4n) is 1.73. The zero-order valence-electron chi connectivity index (χ0n) is 9.89. The van der Waals surface area contributed by atoms with Gasteiger partial charge in [-0.25, -0.2) is 4.79 Å². The minimum absolute atomic E-state index is 0.275. The molecule has 0 aromatic carbocycles. The molecule has 6 heteroatoms. The first-order valence-electron chi connectivity index (χ1n) is 5.59. The number of morpholine rings is 1. The monoisotopic (exact) mass is 242 g/mol. The van der Waals surface area contributed by atoms with E-state index in [4.69, 9.17) is 15.6 Å². The number of aliphatic carboxylic acids is 1. The van der Waals surface area contributed by atoms with E-state index in [0.717, 1.165) is 0 Å². The molecule has 0 aliphatic carbocycles. The predicted octanol–water partition coefficient (Wildman–Crippen LogP) is -0.406. The molecule has 1 aliphatic rings. The van der Waals surface area contributed by atoms with Gasteiger partial charge in [0.2, 0.25) is 5.91 Å². The van der Waals surface area contributed by atoms with Gasteiger partial charge in [-0.2, -0.15) is 0 Å². The van der Waals surface area contributed by atoms with Gasteiger partial charge in [-0.05, 0) is 6.42 Å². The van der Waals surface area contributed by atoms with E-state index < -0.39 is 17.9 Å². The van der Waals surface area contributed by atoms with Gasteiger partial charge in [0.15, 0.2) is 0 Å². The van der Waals surface area contributed by atoms with E-state index in [2.05, 4.69) is 0 Å². The quantitative estimate of drug-likeness (QED) is 0.639. The number of carboxylic acid groups (broad SMARTS) is 1. The third-order valence-electron chi connectivity index (χ3n) is 2.80. The lowest BCUT2D eigenvalue weighted by molar-refractivity contribution is -0.132. The maximum Gasteiger partial charge on any atom is 0.331 e. The Morgan fingerprint density at radius 2 is 2.29 bits per heavy atom. The summed E-state index contributed by atoms with van der Waals surface area (Å²) in [6, 6.07) is -0.466. The molecule has 3 N–H and O–H groups in total. The first-order valence-corrected chi connectivity index (χ1v) is 5.59. The summed E-state index contributed by atoms with van der Waals surface area (Å²) < 4.78 is 5.17. The number of nitrogens with two attached hydrogens (primary N) is 1. The van der Waals surface area contributed by atoms with Crippen LogP contribution in [0.2, 0.25) is 0 Å². The first kappa shape index (κ1) is 13.7. The van der Waals surface area contributed by atoms with Crippen LogP contribution in [-0.4, -0.2) is 54.2 Å². The molecule has 6 nitrogen and oxygen atoms in total. The summed E-state index contributed by atoms with van der Waals surface area (Å²) in [5.41, 5.74) is 5.61. The van der Waals surface area contributed by atoms with Crippen molar-refractivity contribution in [2.24, 2.45) is 5.73 Å². The number of carboxylic acids is 1. The number of rotatable bonds is 5. The highest BCUT2D eigenvalue weighted by Gasteiger charge is 2.26. The lowest BCUT2D eigenvalue weighted by Gasteiger charge is -2.32. The molecule has 1 atom stereocenters. The average molecular weight is 242 g/mol. The highest BCUT2D eigenvalue weighted by atomic mass is 16.5. The fraction of sp³-hybridized carbons (Fsp3) is 0.636. The SMILES string of the molecule is CCC(=CCN1CCOCC1C(N)=O)C(=O)O. The van der Waals surface area contributed by atoms with Crippen molar-refractivity contribution >= 4 is 11.9 Å². The molecule has 0 bridgehead atoms. The van der Waals surface area contributed by atoms with Crippen molar-refractivity contribution in [1.29, 1.82) is 0 Å². The molecule has 1 rings (SSSR count). The zero-order valence-corrected chi connectivity index (χ0v) is 9.89. The molecular weight excluding hydrogens is 224 g/mol. The van der Waals surface area contributed by atoms with E-state index in [1.54, 1.807) is 13.0 Å². The van der Waals surface area contributed by atoms with Gasteiger partial charge in [-0.3, -0.25) is 9.69 Å². The minimum atomic E-state index is -0.920. The maximum absolute atomic E-state index is 11.2. The van der Waals surface area contributed by atoms with Crippen molar-refractivity contribution in [1.82, 2.24) is 4.90 Å². The van der Waals surface area contributed by atoms with Gasteiger partial charge >= 0.3 is 5.97 Å². The van der Waals surface area contributed by atoms with Crippen LogP contribution in [0.5, 0.6) is 0 Å². The van der Waals surface area contributed by atoms with Crippen molar-refractivity contribution in [2.45, 2.75) is 19.4 Å². The van der Waals surface area contributed by atoms with Crippen molar-refractivity contribution in [2.75, 3.05) is 26.3 Å². The van der Waals surface area contributed by atoms with Crippen molar-refractivity contribution in [3.8, 4) is 0 Å². The highest BCUT2D eigenvalue weighted by molar-refractivity contribution is 5.86. The van der Waals surface area contributed by atoms with Crippen LogP contribution >= 0.6 is 0 Å². The summed E-state index contributed by atoms with van der Waals surface area (Å²) in [4.78, 5) is 23.8. The van der Waals surface area contributed by atoms with E-state index >= 15 is 0 Å². The molecule has 1 fully saturated rings. The van der Waals surface area contributed by atoms with Crippen LogP contribution in [0.15, 0.2) is 11.6 Å². The third kappa shape index (κ3) is 3.83. The van der Waals surface area contributed by atoms with Crippen LogP contribution in [0.25, 0.3) is 0 Å². The summed E-state index contributed by atoms with van der Waals surface area (Å²) >= 11 is 0. The zero-order chi connectivity index (χ0) is 12.8. The topological polar surface area (TPSA) is 92.9 Å². The lowest BCUT2D eigenvalue weighted by Crippen LogP contribution is -2.52. The van der Waals surface area contributed by atoms with Gasteiger partial charge in [-0.15, -0.1) is 0 Å². The number of hydrogen-bond donors (Lipinski definition) is 2. The summed E-state index contributed by atoms with van der Waals surface area (Å²) in [6.45, 7) is 3.59. The second kappa shape index (κ2) is 6.36. The molecule has 1 amide bonds. The number of carbonyl (C=O) groups is 2. The number of amides is 1. The van der Waals surface area contributed by atoms with Gasteiger partial charge in [0.05, 0.1) is 13.2 Å². The number of carbonyl (C=O) groups excluding carboxylic acids is 1. The second-order valence-electron chi connectivity index (χ2n) is 3.88. The Labute approximate surface area is 100 Å². The molecule has 17 heavy (non-hydrogen) atoms. The number of hydrogen-bond acceptors (Lipinski definition) is 4. The molecule has 0 aromatic heterocycles. The highest BCUT2D eigenvalue weighted by Crippen LogP contribution is 2.08. The smallest absolute Gasteiger partial charge is 0.331 e. The van der Waals surface area contributed by atoms with Gasteiger partial charge in [-0.1, -0.05) is 13.0 Å². The van der Waals surface area contributed by atoms with Crippen LogP contribution in [0.1, 0.15) is 13.3 Å². The Balaban J connectivity index is 2.65. The van der Waals surface area contributed by atoms with E-state index in [0.29, 0.717) is 31.7 Å². The predicted molar refractivity (Wildman–Crippen MR) is 61.4 cm³/mol. The fourth-order valence-corrected chi connectivity index (χ4v) is 1.73. The Morgan fingerprint density at radius 1 is 1.59 bits per heavy atom. The largest absolute Gasteiger partial charge is 0.478 e. The van der Waals surface area contributed by atoms with Crippen LogP contribution in [0.4, 0.5) is 0 Å². The Morgan fingerprint density at radius 3 is 2.82 bits per heavy atom. The molecule has 1 heterocycles. The maximum atomic E-state index is 11.2. The second-order valence-corrected chi connectivity index (χ2v) is 3.88. The Hall–Kier alpha value is -1.40. The minimum Gasteiger partial charge on any atom is -0.478 e. The molecule has 0 spiro atoms. The molecule has 0 radical (unpaired) electrons. The number of ether oxygens (including phenoxy) is 1. The average Bonchev–Trinajstić information content (AvgIpc) is 2.29. The molecule has 0 saturated carbocycles. The first-order chi connectivity index (χ1) is 8.06. The normalized spacial score (nSPS) is 22.4. The van der Waals surface area contributed by atoms with Gasteiger partial charge in [0.1, 0.15) is 6.04 Å². The molecule has 1 saturated heterocycles. The molecule has 1 aliphatic heterocycles. The van der Waals surface area contributed by atoms with Crippen molar-refractivity contribution < 1.29 is 19.4 Å². The van der Waals surface area contributed by atoms with Crippen molar-refractivity contribution in [3.63, 3.8) is 0 Å². The molecule has 1 unspecified atom stereocenters. The molecule has 0 aromatic rings. The van der Waals surface area contributed by atoms with Crippen molar-refractivity contribution in [3.05, 3.63) is 11.6 Å². The third-order valence-corrected chi connectivity index (χ3v) is 2.80. The van der Waals surface area contributed by atoms with Crippen LogP contribution in [0, 0.1) is 0 Å². The van der Waals surface area contributed by atoms with Gasteiger partial charge in [0.25, 0.3) is 0 Å². The summed E-state index contributed by atoms with van der Waals surface area (Å²) in [7, 11) is 0.